The zero-order valence-corrected chi connectivity index (χ0v) is 16.1. The summed E-state index contributed by atoms with van der Waals surface area (Å²) in [4.78, 5) is 18.0. The van der Waals surface area contributed by atoms with E-state index in [1.165, 1.54) is 30.3 Å². The second-order valence-corrected chi connectivity index (χ2v) is 6.98. The number of rotatable bonds is 4. The van der Waals surface area contributed by atoms with E-state index < -0.39 is 18.6 Å². The van der Waals surface area contributed by atoms with E-state index in [1.807, 2.05) is 6.07 Å². The van der Waals surface area contributed by atoms with Crippen molar-refractivity contribution in [2.45, 2.75) is 19.6 Å². The monoisotopic (exact) mass is 417 g/mol. The summed E-state index contributed by atoms with van der Waals surface area (Å²) in [5.74, 6) is -0.779. The number of nitrogens with zero attached hydrogens (tertiary/aromatic N) is 3. The first-order chi connectivity index (χ1) is 13.7. The summed E-state index contributed by atoms with van der Waals surface area (Å²) in [7, 11) is 0. The molecule has 0 bridgehead atoms. The molecule has 1 heterocycles. The van der Waals surface area contributed by atoms with Crippen LogP contribution in [-0.2, 0) is 6.54 Å². The van der Waals surface area contributed by atoms with Gasteiger partial charge in [-0.2, -0.15) is 18.4 Å². The lowest BCUT2D eigenvalue weighted by Crippen LogP contribution is -2.38. The van der Waals surface area contributed by atoms with Crippen molar-refractivity contribution in [3.63, 3.8) is 0 Å². The molecule has 0 aliphatic carbocycles. The van der Waals surface area contributed by atoms with Crippen LogP contribution in [0.5, 0.6) is 0 Å². The molecule has 2 aromatic carbocycles. The summed E-state index contributed by atoms with van der Waals surface area (Å²) in [6.45, 7) is -0.0787. The molecule has 4 nitrogen and oxygen atoms in total. The number of aryl methyl sites for hydroxylation is 1. The lowest BCUT2D eigenvalue weighted by atomic mass is 10.1. The van der Waals surface area contributed by atoms with E-state index in [0.29, 0.717) is 32.7 Å². The number of alkyl halides is 3. The number of nitriles is 1. The molecule has 148 valence electrons. The number of amides is 1. The smallest absolute Gasteiger partial charge is 0.325 e. The molecule has 3 aromatic rings. The molecule has 29 heavy (non-hydrogen) atoms. The normalized spacial score (nSPS) is 11.3. The molecule has 0 spiro atoms. The number of benzene rings is 2. The maximum absolute atomic E-state index is 13.1. The summed E-state index contributed by atoms with van der Waals surface area (Å²) in [5.41, 5.74) is 1.87. The van der Waals surface area contributed by atoms with Crippen molar-refractivity contribution in [2.75, 3.05) is 6.54 Å². The molecule has 0 unspecified atom stereocenters. The number of aromatic nitrogens is 1. The Kier molecular flexibility index (Phi) is 5.76. The highest BCUT2D eigenvalue weighted by atomic mass is 35.5. The Morgan fingerprint density at radius 2 is 1.86 bits per heavy atom. The largest absolute Gasteiger partial charge is 0.406 e. The number of halogens is 4. The number of pyridine rings is 1. The number of hydrogen-bond donors (Lipinski definition) is 0. The quantitative estimate of drug-likeness (QED) is 0.580. The van der Waals surface area contributed by atoms with Crippen molar-refractivity contribution in [1.29, 1.82) is 5.26 Å². The molecular weight excluding hydrogens is 403 g/mol. The van der Waals surface area contributed by atoms with Gasteiger partial charge in [-0.15, -0.1) is 0 Å². The van der Waals surface area contributed by atoms with Gasteiger partial charge in [0.15, 0.2) is 0 Å². The van der Waals surface area contributed by atoms with E-state index in [9.17, 15) is 18.0 Å². The van der Waals surface area contributed by atoms with Gasteiger partial charge in [-0.05, 0) is 48.9 Å². The zero-order chi connectivity index (χ0) is 21.2. The number of fused-ring (bicyclic) bond motifs is 1. The minimum atomic E-state index is -4.57. The Bertz CT molecular complexity index is 1110. The Labute approximate surface area is 170 Å². The molecule has 0 radical (unpaired) electrons. The van der Waals surface area contributed by atoms with Gasteiger partial charge in [-0.3, -0.25) is 9.78 Å². The lowest BCUT2D eigenvalue weighted by molar-refractivity contribution is -0.141. The molecule has 0 N–H and O–H groups in total. The number of carbonyl (C=O) groups is 1. The summed E-state index contributed by atoms with van der Waals surface area (Å²) >= 11 is 5.98. The van der Waals surface area contributed by atoms with E-state index in [-0.39, 0.29) is 12.1 Å². The molecule has 0 atom stereocenters. The third kappa shape index (κ3) is 5.04. The van der Waals surface area contributed by atoms with Gasteiger partial charge in [0.05, 0.1) is 28.4 Å². The molecule has 8 heteroatoms. The Morgan fingerprint density at radius 3 is 2.48 bits per heavy atom. The van der Waals surface area contributed by atoms with Crippen molar-refractivity contribution >= 4 is 28.4 Å². The molecule has 1 amide bonds. The van der Waals surface area contributed by atoms with Crippen LogP contribution in [0.4, 0.5) is 13.2 Å². The van der Waals surface area contributed by atoms with E-state index in [4.69, 9.17) is 16.9 Å². The van der Waals surface area contributed by atoms with E-state index >= 15 is 0 Å². The highest BCUT2D eigenvalue weighted by molar-refractivity contribution is 6.31. The minimum Gasteiger partial charge on any atom is -0.325 e. The fraction of sp³-hybridized carbons (Fsp3) is 0.190. The van der Waals surface area contributed by atoms with E-state index in [0.717, 1.165) is 4.90 Å². The topological polar surface area (TPSA) is 57.0 Å². The van der Waals surface area contributed by atoms with Crippen LogP contribution < -0.4 is 0 Å². The van der Waals surface area contributed by atoms with E-state index in [1.54, 1.807) is 25.1 Å². The Balaban J connectivity index is 1.98. The second-order valence-electron chi connectivity index (χ2n) is 6.54. The van der Waals surface area contributed by atoms with Gasteiger partial charge in [-0.1, -0.05) is 23.7 Å². The molecule has 0 saturated carbocycles. The van der Waals surface area contributed by atoms with Crippen molar-refractivity contribution in [2.24, 2.45) is 0 Å². The first-order valence-electron chi connectivity index (χ1n) is 8.58. The number of carbonyl (C=O) groups excluding carboxylic acids is 1. The zero-order valence-electron chi connectivity index (χ0n) is 15.3. The second kappa shape index (κ2) is 8.10. The van der Waals surface area contributed by atoms with Crippen LogP contribution in [0.1, 0.15) is 27.2 Å². The fourth-order valence-corrected chi connectivity index (χ4v) is 3.13. The SMILES string of the molecule is Cc1nc2ccc(Cl)cc2cc1C(=O)N(Cc1ccc(C#N)cc1)CC(F)(F)F. The highest BCUT2D eigenvalue weighted by Gasteiger charge is 2.34. The minimum absolute atomic E-state index is 0.0812. The van der Waals surface area contributed by atoms with Crippen LogP contribution in [0.3, 0.4) is 0 Å². The average molecular weight is 418 g/mol. The predicted octanol–water partition coefficient (Wildman–Crippen LogP) is 5.27. The van der Waals surface area contributed by atoms with Crippen LogP contribution in [-0.4, -0.2) is 28.5 Å². The first-order valence-corrected chi connectivity index (χ1v) is 8.96. The van der Waals surface area contributed by atoms with Crippen molar-refractivity contribution in [1.82, 2.24) is 9.88 Å². The number of hydrogen-bond acceptors (Lipinski definition) is 3. The standard InChI is InChI=1S/C21H15ClF3N3O/c1-13-18(9-16-8-17(22)6-7-19(16)27-13)20(29)28(12-21(23,24)25)11-15-4-2-14(10-26)3-5-15/h2-9H,11-12H2,1H3. The molecular formula is C21H15ClF3N3O. The van der Waals surface area contributed by atoms with Gasteiger partial charge < -0.3 is 4.90 Å². The van der Waals surface area contributed by atoms with Gasteiger partial charge in [0.1, 0.15) is 6.54 Å². The van der Waals surface area contributed by atoms with Gasteiger partial charge in [0.2, 0.25) is 0 Å². The molecule has 3 rings (SSSR count). The lowest BCUT2D eigenvalue weighted by Gasteiger charge is -2.25. The van der Waals surface area contributed by atoms with Crippen LogP contribution in [0.25, 0.3) is 10.9 Å². The van der Waals surface area contributed by atoms with Crippen LogP contribution in [0.15, 0.2) is 48.5 Å². The Hall–Kier alpha value is -3.11. The van der Waals surface area contributed by atoms with Crippen molar-refractivity contribution < 1.29 is 18.0 Å². The summed E-state index contributed by atoms with van der Waals surface area (Å²) < 4.78 is 39.4. The maximum atomic E-state index is 13.1. The third-order valence-electron chi connectivity index (χ3n) is 4.31. The fourth-order valence-electron chi connectivity index (χ4n) is 2.95. The highest BCUT2D eigenvalue weighted by Crippen LogP contribution is 2.24. The third-order valence-corrected chi connectivity index (χ3v) is 4.55. The van der Waals surface area contributed by atoms with Gasteiger partial charge in [0, 0.05) is 17.0 Å². The van der Waals surface area contributed by atoms with Gasteiger partial charge in [-0.25, -0.2) is 0 Å². The predicted molar refractivity (Wildman–Crippen MR) is 103 cm³/mol. The maximum Gasteiger partial charge on any atom is 0.406 e. The Morgan fingerprint density at radius 1 is 1.17 bits per heavy atom. The van der Waals surface area contributed by atoms with Crippen molar-refractivity contribution in [3.8, 4) is 6.07 Å². The summed E-state index contributed by atoms with van der Waals surface area (Å²) in [5, 5.41) is 9.86. The van der Waals surface area contributed by atoms with Gasteiger partial charge in [0.25, 0.3) is 5.91 Å². The van der Waals surface area contributed by atoms with E-state index in [2.05, 4.69) is 4.98 Å². The first kappa shape index (κ1) is 20.6. The molecule has 0 aliphatic rings. The molecule has 0 saturated heterocycles. The summed E-state index contributed by atoms with van der Waals surface area (Å²) in [6.07, 6.45) is -4.57. The van der Waals surface area contributed by atoms with Crippen molar-refractivity contribution in [3.05, 3.63) is 75.9 Å². The summed E-state index contributed by atoms with van der Waals surface area (Å²) in [6, 6.07) is 14.4. The van der Waals surface area contributed by atoms with Gasteiger partial charge >= 0.3 is 6.18 Å². The van der Waals surface area contributed by atoms with Crippen LogP contribution in [0.2, 0.25) is 5.02 Å². The molecule has 0 fully saturated rings. The van der Waals surface area contributed by atoms with Crippen LogP contribution >= 0.6 is 11.6 Å². The molecule has 0 aliphatic heterocycles. The van der Waals surface area contributed by atoms with Crippen LogP contribution in [0, 0.1) is 18.3 Å². The average Bonchev–Trinajstić information content (AvgIpc) is 2.66. The molecule has 1 aromatic heterocycles.